The van der Waals surface area contributed by atoms with E-state index >= 15 is 0 Å². The highest BCUT2D eigenvalue weighted by Gasteiger charge is 2.29. The summed E-state index contributed by atoms with van der Waals surface area (Å²) in [4.78, 5) is 28.7. The van der Waals surface area contributed by atoms with Crippen LogP contribution in [0, 0.1) is 24.2 Å². The fourth-order valence-corrected chi connectivity index (χ4v) is 5.57. The molecule has 5 nitrogen and oxygen atoms in total. The van der Waals surface area contributed by atoms with E-state index in [1.165, 1.54) is 6.42 Å². The molecule has 0 saturated carbocycles. The number of amides is 1. The van der Waals surface area contributed by atoms with Crippen molar-refractivity contribution in [2.75, 3.05) is 13.1 Å². The van der Waals surface area contributed by atoms with Gasteiger partial charge in [-0.15, -0.1) is 0 Å². The number of ketones is 1. The zero-order valence-corrected chi connectivity index (χ0v) is 21.1. The van der Waals surface area contributed by atoms with Gasteiger partial charge in [0, 0.05) is 31.0 Å². The Labute approximate surface area is 209 Å². The van der Waals surface area contributed by atoms with Crippen LogP contribution in [0.15, 0.2) is 30.3 Å². The predicted octanol–water partition coefficient (Wildman–Crippen LogP) is 6.55. The Balaban J connectivity index is 1.70. The molecule has 1 aliphatic heterocycles. The minimum Gasteiger partial charge on any atom is -0.341 e. The quantitative estimate of drug-likeness (QED) is 0.377. The number of piperidine rings is 1. The van der Waals surface area contributed by atoms with Crippen molar-refractivity contribution in [3.05, 3.63) is 68.3 Å². The van der Waals surface area contributed by atoms with E-state index in [9.17, 15) is 14.9 Å². The summed E-state index contributed by atoms with van der Waals surface area (Å²) in [6.45, 7) is 5.47. The Kier molecular flexibility index (Phi) is 7.02. The molecule has 0 atom stereocenters. The first-order valence-electron chi connectivity index (χ1n) is 11.6. The van der Waals surface area contributed by atoms with E-state index in [1.807, 2.05) is 11.8 Å². The number of benzene rings is 2. The second kappa shape index (κ2) is 9.82. The van der Waals surface area contributed by atoms with Crippen molar-refractivity contribution in [2.24, 2.45) is 13.0 Å². The summed E-state index contributed by atoms with van der Waals surface area (Å²) >= 11 is 13.1. The summed E-state index contributed by atoms with van der Waals surface area (Å²) in [7, 11) is 1.77. The topological polar surface area (TPSA) is 66.1 Å². The first-order valence-corrected chi connectivity index (χ1v) is 12.3. The van der Waals surface area contributed by atoms with E-state index < -0.39 is 0 Å². The lowest BCUT2D eigenvalue weighted by atomic mass is 9.92. The molecule has 0 unspecified atom stereocenters. The van der Waals surface area contributed by atoms with Gasteiger partial charge >= 0.3 is 0 Å². The minimum absolute atomic E-state index is 0.0814. The largest absolute Gasteiger partial charge is 0.341 e. The maximum Gasteiger partial charge on any atom is 0.255 e. The number of fused-ring (bicyclic) bond motifs is 1. The van der Waals surface area contributed by atoms with Crippen LogP contribution in [0.4, 0.5) is 0 Å². The summed E-state index contributed by atoms with van der Waals surface area (Å²) in [5.74, 6) is 0.128. The molecule has 1 amide bonds. The Bertz CT molecular complexity index is 1330. The molecular weight excluding hydrogens is 469 g/mol. The molecule has 1 saturated heterocycles. The maximum atomic E-state index is 13.6. The van der Waals surface area contributed by atoms with E-state index in [2.05, 4.69) is 13.0 Å². The minimum atomic E-state index is -0.358. The smallest absolute Gasteiger partial charge is 0.255 e. The SMILES string of the molecule is CCCC1CCN(C(=O)c2ccc(Cl)c(C(=O)c3cc4c(C)cc(C#N)cc4n3C)c2Cl)CC1. The number of nitriles is 1. The zero-order chi connectivity index (χ0) is 24.6. The van der Waals surface area contributed by atoms with Crippen molar-refractivity contribution in [3.8, 4) is 6.07 Å². The van der Waals surface area contributed by atoms with Crippen LogP contribution in [0.1, 0.15) is 70.1 Å². The standard InChI is InChI=1S/C27H27Cl2N3O2/c1-4-5-17-8-10-32(11-9-17)27(34)19-6-7-21(28)24(25(19)29)26(33)23-14-20-16(2)12-18(15-30)13-22(20)31(23)3/h6-7,12-14,17H,4-5,8-11H2,1-3H3. The Morgan fingerprint density at radius 3 is 2.50 bits per heavy atom. The number of hydrogen-bond donors (Lipinski definition) is 0. The summed E-state index contributed by atoms with van der Waals surface area (Å²) < 4.78 is 1.74. The Morgan fingerprint density at radius 1 is 1.15 bits per heavy atom. The molecule has 1 fully saturated rings. The zero-order valence-electron chi connectivity index (χ0n) is 19.6. The van der Waals surface area contributed by atoms with Crippen LogP contribution in [-0.2, 0) is 7.05 Å². The van der Waals surface area contributed by atoms with Crippen LogP contribution < -0.4 is 0 Å². The van der Waals surface area contributed by atoms with Crippen molar-refractivity contribution in [3.63, 3.8) is 0 Å². The van der Waals surface area contributed by atoms with Gasteiger partial charge in [-0.1, -0.05) is 43.0 Å². The van der Waals surface area contributed by atoms with Crippen LogP contribution in [0.25, 0.3) is 10.9 Å². The highest BCUT2D eigenvalue weighted by Crippen LogP contribution is 2.34. The van der Waals surface area contributed by atoms with Gasteiger partial charge in [0.1, 0.15) is 0 Å². The van der Waals surface area contributed by atoms with Gasteiger partial charge in [0.25, 0.3) is 5.91 Å². The Hall–Kier alpha value is -2.81. The first-order chi connectivity index (χ1) is 16.3. The number of likely N-dealkylation sites (tertiary alicyclic amines) is 1. The van der Waals surface area contributed by atoms with Gasteiger partial charge in [-0.2, -0.15) is 5.26 Å². The van der Waals surface area contributed by atoms with Gasteiger partial charge in [-0.25, -0.2) is 0 Å². The molecule has 0 radical (unpaired) electrons. The molecule has 0 N–H and O–H groups in total. The van der Waals surface area contributed by atoms with Crippen molar-refractivity contribution in [2.45, 2.75) is 39.5 Å². The van der Waals surface area contributed by atoms with E-state index in [1.54, 1.807) is 41.9 Å². The predicted molar refractivity (Wildman–Crippen MR) is 136 cm³/mol. The van der Waals surface area contributed by atoms with Crippen LogP contribution in [0.5, 0.6) is 0 Å². The van der Waals surface area contributed by atoms with Crippen LogP contribution in [0.2, 0.25) is 10.0 Å². The molecular formula is C27H27Cl2N3O2. The molecule has 2 aromatic carbocycles. The van der Waals surface area contributed by atoms with Crippen LogP contribution >= 0.6 is 23.2 Å². The van der Waals surface area contributed by atoms with E-state index in [4.69, 9.17) is 23.2 Å². The van der Waals surface area contributed by atoms with Crippen LogP contribution in [0.3, 0.4) is 0 Å². The molecule has 0 spiro atoms. The lowest BCUT2D eigenvalue weighted by Crippen LogP contribution is -2.38. The Morgan fingerprint density at radius 2 is 1.85 bits per heavy atom. The average Bonchev–Trinajstić information content (AvgIpc) is 3.16. The third-order valence-electron chi connectivity index (χ3n) is 6.88. The van der Waals surface area contributed by atoms with Crippen molar-refractivity contribution < 1.29 is 9.59 Å². The molecule has 4 rings (SSSR count). The van der Waals surface area contributed by atoms with Gasteiger partial charge < -0.3 is 9.47 Å². The number of hydrogen-bond acceptors (Lipinski definition) is 3. The molecule has 0 bridgehead atoms. The number of halogens is 2. The fraction of sp³-hybridized carbons (Fsp3) is 0.370. The summed E-state index contributed by atoms with van der Waals surface area (Å²) in [6, 6.07) is 10.7. The third kappa shape index (κ3) is 4.33. The molecule has 176 valence electrons. The van der Waals surface area contributed by atoms with Crippen molar-refractivity contribution in [1.82, 2.24) is 9.47 Å². The van der Waals surface area contributed by atoms with E-state index in [0.29, 0.717) is 35.8 Å². The molecule has 2 heterocycles. The van der Waals surface area contributed by atoms with Gasteiger partial charge in [0.15, 0.2) is 0 Å². The fourth-order valence-electron chi connectivity index (χ4n) is 4.95. The summed E-state index contributed by atoms with van der Waals surface area (Å²) in [5.41, 5.74) is 3.01. The molecule has 7 heteroatoms. The maximum absolute atomic E-state index is 13.6. The van der Waals surface area contributed by atoms with Crippen LogP contribution in [-0.4, -0.2) is 34.2 Å². The van der Waals surface area contributed by atoms with Gasteiger partial charge in [-0.3, -0.25) is 9.59 Å². The molecule has 1 aliphatic rings. The highest BCUT2D eigenvalue weighted by atomic mass is 35.5. The lowest BCUT2D eigenvalue weighted by Gasteiger charge is -2.32. The number of rotatable bonds is 5. The van der Waals surface area contributed by atoms with E-state index in [-0.39, 0.29) is 27.3 Å². The van der Waals surface area contributed by atoms with Gasteiger partial charge in [0.2, 0.25) is 5.78 Å². The monoisotopic (exact) mass is 495 g/mol. The highest BCUT2D eigenvalue weighted by molar-refractivity contribution is 6.42. The normalized spacial score (nSPS) is 14.4. The number of aryl methyl sites for hydroxylation is 2. The first kappa shape index (κ1) is 24.3. The average molecular weight is 496 g/mol. The third-order valence-corrected chi connectivity index (χ3v) is 7.59. The van der Waals surface area contributed by atoms with Crippen molar-refractivity contribution >= 4 is 45.8 Å². The molecule has 1 aromatic heterocycles. The van der Waals surface area contributed by atoms with Crippen molar-refractivity contribution in [1.29, 1.82) is 5.26 Å². The molecule has 3 aromatic rings. The summed E-state index contributed by atoms with van der Waals surface area (Å²) in [6.07, 6.45) is 4.30. The molecule has 0 aliphatic carbocycles. The summed E-state index contributed by atoms with van der Waals surface area (Å²) in [5, 5.41) is 10.5. The second-order valence-corrected chi connectivity index (χ2v) is 9.85. The number of aromatic nitrogens is 1. The number of carbonyl (C=O) groups excluding carboxylic acids is 2. The number of nitrogens with zero attached hydrogens (tertiary/aromatic N) is 3. The molecule has 34 heavy (non-hydrogen) atoms. The van der Waals surface area contributed by atoms with E-state index in [0.717, 1.165) is 35.7 Å². The van der Waals surface area contributed by atoms with Gasteiger partial charge in [-0.05, 0) is 61.6 Å². The number of carbonyl (C=O) groups is 2. The lowest BCUT2D eigenvalue weighted by molar-refractivity contribution is 0.0686. The van der Waals surface area contributed by atoms with Gasteiger partial charge in [0.05, 0.1) is 38.5 Å². The second-order valence-electron chi connectivity index (χ2n) is 9.06.